The van der Waals surface area contributed by atoms with E-state index in [1.54, 1.807) is 11.3 Å². The molecule has 4 rings (SSSR count). The Hall–Kier alpha value is -0.540. The Kier molecular flexibility index (Phi) is 4.45. The van der Waals surface area contributed by atoms with Crippen LogP contribution in [0.25, 0.3) is 0 Å². The Balaban J connectivity index is 1.64. The van der Waals surface area contributed by atoms with Crippen LogP contribution in [0.4, 0.5) is 0 Å². The van der Waals surface area contributed by atoms with Crippen molar-refractivity contribution in [2.45, 2.75) is 82.5 Å². The van der Waals surface area contributed by atoms with Gasteiger partial charge >= 0.3 is 0 Å². The van der Waals surface area contributed by atoms with E-state index in [1.165, 1.54) is 62.3 Å². The van der Waals surface area contributed by atoms with Gasteiger partial charge < -0.3 is 4.90 Å². The van der Waals surface area contributed by atoms with E-state index in [0.29, 0.717) is 12.2 Å². The molecule has 0 aromatic heterocycles. The molecule has 0 aromatic carbocycles. The molecule has 1 saturated carbocycles. The third kappa shape index (κ3) is 2.82. The summed E-state index contributed by atoms with van der Waals surface area (Å²) in [7, 11) is 0. The molecule has 3 heteroatoms. The second kappa shape index (κ2) is 6.52. The fourth-order valence-corrected chi connectivity index (χ4v) is 5.04. The van der Waals surface area contributed by atoms with Crippen LogP contribution in [0.2, 0.25) is 0 Å². The van der Waals surface area contributed by atoms with Gasteiger partial charge in [-0.25, -0.2) is 0 Å². The molecule has 3 atom stereocenters. The first kappa shape index (κ1) is 15.0. The van der Waals surface area contributed by atoms with Crippen molar-refractivity contribution >= 4 is 15.9 Å². The van der Waals surface area contributed by atoms with Crippen LogP contribution < -0.4 is 5.32 Å². The van der Waals surface area contributed by atoms with Crippen LogP contribution in [0, 0.1) is 0 Å². The van der Waals surface area contributed by atoms with Crippen molar-refractivity contribution in [2.24, 2.45) is 0 Å². The van der Waals surface area contributed by atoms with E-state index >= 15 is 0 Å². The fraction of sp³-hybridized carbons (Fsp3) is 0.684. The number of fused-ring (bicyclic) bond motifs is 1. The zero-order chi connectivity index (χ0) is 14.9. The highest BCUT2D eigenvalue weighted by atomic mass is 79.9. The molecule has 0 bridgehead atoms. The minimum atomic E-state index is 0.477. The molecule has 2 fully saturated rings. The van der Waals surface area contributed by atoms with Crippen LogP contribution in [0.5, 0.6) is 0 Å². The number of hydrogen-bond donors (Lipinski definition) is 1. The highest BCUT2D eigenvalue weighted by Crippen LogP contribution is 2.39. The van der Waals surface area contributed by atoms with Crippen molar-refractivity contribution in [1.29, 1.82) is 0 Å². The highest BCUT2D eigenvalue weighted by molar-refractivity contribution is 9.11. The summed E-state index contributed by atoms with van der Waals surface area (Å²) in [6.45, 7) is 0. The van der Waals surface area contributed by atoms with Gasteiger partial charge in [-0.15, -0.1) is 0 Å². The minimum Gasteiger partial charge on any atom is -0.351 e. The van der Waals surface area contributed by atoms with Crippen LogP contribution in [0.15, 0.2) is 34.0 Å². The van der Waals surface area contributed by atoms with Crippen molar-refractivity contribution in [1.82, 2.24) is 10.2 Å². The van der Waals surface area contributed by atoms with E-state index in [1.807, 2.05) is 0 Å². The lowest BCUT2D eigenvalue weighted by atomic mass is 9.90. The number of allylic oxidation sites excluding steroid dienone is 5. The van der Waals surface area contributed by atoms with E-state index in [9.17, 15) is 0 Å². The molecule has 3 aliphatic carbocycles. The van der Waals surface area contributed by atoms with Gasteiger partial charge in [0.25, 0.3) is 0 Å². The molecule has 0 amide bonds. The monoisotopic (exact) mass is 362 g/mol. The van der Waals surface area contributed by atoms with Gasteiger partial charge in [0.1, 0.15) is 6.17 Å². The summed E-state index contributed by atoms with van der Waals surface area (Å²) in [6.07, 6.45) is 20.8. The number of nitrogens with zero attached hydrogens (tertiary/aromatic N) is 1. The molecular formula is C19H27BrN2. The minimum absolute atomic E-state index is 0.477. The second-order valence-corrected chi connectivity index (χ2v) is 8.25. The Bertz CT molecular complexity index is 520. The molecule has 22 heavy (non-hydrogen) atoms. The average Bonchev–Trinajstić information content (AvgIpc) is 2.96. The zero-order valence-corrected chi connectivity index (χ0v) is 14.9. The topological polar surface area (TPSA) is 15.3 Å². The van der Waals surface area contributed by atoms with Gasteiger partial charge in [0.05, 0.1) is 0 Å². The summed E-state index contributed by atoms with van der Waals surface area (Å²) in [5.41, 5.74) is 3.22. The standard InChI is InChI=1S/C19H27BrN2/c20-15-10-12-16(13-11-15)22-18-9-5-4-8-17(18)21-19(22)14-6-2-1-3-7-14/h6,10,12,17-19,21H,1-5,7-9,11,13H2. The largest absolute Gasteiger partial charge is 0.351 e. The number of rotatable bonds is 2. The van der Waals surface area contributed by atoms with Gasteiger partial charge in [0.2, 0.25) is 0 Å². The van der Waals surface area contributed by atoms with Gasteiger partial charge in [-0.1, -0.05) is 40.9 Å². The van der Waals surface area contributed by atoms with Gasteiger partial charge in [0, 0.05) is 17.8 Å². The smallest absolute Gasteiger partial charge is 0.102 e. The summed E-state index contributed by atoms with van der Waals surface area (Å²) in [4.78, 5) is 2.77. The molecule has 2 nitrogen and oxygen atoms in total. The maximum Gasteiger partial charge on any atom is 0.102 e. The Morgan fingerprint density at radius 2 is 1.91 bits per heavy atom. The molecule has 0 radical (unpaired) electrons. The Labute approximate surface area is 142 Å². The second-order valence-electron chi connectivity index (χ2n) is 7.23. The lowest BCUT2D eigenvalue weighted by Crippen LogP contribution is -2.41. The predicted molar refractivity (Wildman–Crippen MR) is 95.7 cm³/mol. The van der Waals surface area contributed by atoms with Crippen molar-refractivity contribution in [2.75, 3.05) is 0 Å². The predicted octanol–water partition coefficient (Wildman–Crippen LogP) is 4.99. The summed E-state index contributed by atoms with van der Waals surface area (Å²) in [5.74, 6) is 0. The average molecular weight is 363 g/mol. The van der Waals surface area contributed by atoms with E-state index in [-0.39, 0.29) is 0 Å². The van der Waals surface area contributed by atoms with E-state index in [4.69, 9.17) is 0 Å². The number of hydrogen-bond acceptors (Lipinski definition) is 2. The molecule has 1 N–H and O–H groups in total. The van der Waals surface area contributed by atoms with Crippen molar-refractivity contribution < 1.29 is 0 Å². The summed E-state index contributed by atoms with van der Waals surface area (Å²) >= 11 is 3.66. The van der Waals surface area contributed by atoms with E-state index in [0.717, 1.165) is 12.5 Å². The van der Waals surface area contributed by atoms with E-state index < -0.39 is 0 Å². The fourth-order valence-electron chi connectivity index (χ4n) is 4.70. The molecule has 1 heterocycles. The Morgan fingerprint density at radius 3 is 2.68 bits per heavy atom. The normalized spacial score (nSPS) is 35.6. The first-order valence-corrected chi connectivity index (χ1v) is 9.91. The lowest BCUT2D eigenvalue weighted by Gasteiger charge is -2.38. The first-order valence-electron chi connectivity index (χ1n) is 9.11. The highest BCUT2D eigenvalue weighted by Gasteiger charge is 2.43. The lowest BCUT2D eigenvalue weighted by molar-refractivity contribution is 0.218. The van der Waals surface area contributed by atoms with Crippen LogP contribution >= 0.6 is 15.9 Å². The molecule has 3 unspecified atom stereocenters. The van der Waals surface area contributed by atoms with Crippen LogP contribution in [-0.4, -0.2) is 23.1 Å². The quantitative estimate of drug-likeness (QED) is 0.696. The molecule has 120 valence electrons. The SMILES string of the molecule is BrC1=CC=C(N2C(C3=CCCCC3)NC3CCCCC32)CC1. The van der Waals surface area contributed by atoms with Crippen molar-refractivity contribution in [3.05, 3.63) is 34.0 Å². The summed E-state index contributed by atoms with van der Waals surface area (Å²) in [5, 5.41) is 4.01. The summed E-state index contributed by atoms with van der Waals surface area (Å²) < 4.78 is 1.34. The van der Waals surface area contributed by atoms with Gasteiger partial charge in [-0.3, -0.25) is 5.32 Å². The third-order valence-electron chi connectivity index (χ3n) is 5.82. The molecular weight excluding hydrogens is 336 g/mol. The van der Waals surface area contributed by atoms with Crippen LogP contribution in [-0.2, 0) is 0 Å². The van der Waals surface area contributed by atoms with Crippen LogP contribution in [0.1, 0.15) is 64.2 Å². The third-order valence-corrected chi connectivity index (χ3v) is 6.48. The number of nitrogens with one attached hydrogen (secondary N) is 1. The van der Waals surface area contributed by atoms with Crippen LogP contribution in [0.3, 0.4) is 0 Å². The molecule has 0 aromatic rings. The number of halogens is 1. The summed E-state index contributed by atoms with van der Waals surface area (Å²) in [6, 6.07) is 1.43. The zero-order valence-electron chi connectivity index (χ0n) is 13.4. The molecule has 1 aliphatic heterocycles. The van der Waals surface area contributed by atoms with E-state index in [2.05, 4.69) is 44.4 Å². The molecule has 1 saturated heterocycles. The van der Waals surface area contributed by atoms with Gasteiger partial charge in [0.15, 0.2) is 0 Å². The maximum atomic E-state index is 4.01. The molecule has 4 aliphatic rings. The maximum absolute atomic E-state index is 4.01. The van der Waals surface area contributed by atoms with Crippen molar-refractivity contribution in [3.63, 3.8) is 0 Å². The first-order chi connectivity index (χ1) is 10.8. The molecule has 0 spiro atoms. The Morgan fingerprint density at radius 1 is 1.00 bits per heavy atom. The van der Waals surface area contributed by atoms with Crippen molar-refractivity contribution in [3.8, 4) is 0 Å². The van der Waals surface area contributed by atoms with Gasteiger partial charge in [-0.2, -0.15) is 0 Å². The van der Waals surface area contributed by atoms with Gasteiger partial charge in [-0.05, 0) is 67.5 Å².